The molecule has 22 heavy (non-hydrogen) atoms. The molecule has 2 fully saturated rings. The number of pyridine rings is 1. The van der Waals surface area contributed by atoms with E-state index >= 15 is 0 Å². The summed E-state index contributed by atoms with van der Waals surface area (Å²) in [5, 5.41) is 0. The lowest BCUT2D eigenvalue weighted by atomic mass is 9.83. The van der Waals surface area contributed by atoms with Crippen LogP contribution in [0.4, 0.5) is 0 Å². The van der Waals surface area contributed by atoms with Crippen molar-refractivity contribution in [3.05, 3.63) is 29.6 Å². The average molecular weight is 303 g/mol. The van der Waals surface area contributed by atoms with Crippen LogP contribution in [0.1, 0.15) is 31.2 Å². The molecule has 3 rings (SSSR count). The summed E-state index contributed by atoms with van der Waals surface area (Å²) in [6.45, 7) is 7.22. The van der Waals surface area contributed by atoms with Crippen LogP contribution < -0.4 is 0 Å². The summed E-state index contributed by atoms with van der Waals surface area (Å²) >= 11 is 0. The molecule has 0 aromatic carbocycles. The topological polar surface area (TPSA) is 45.7 Å². The SMILES string of the molecule is Cc1cccc(CN2CCC3(CC2)OCC(=O)N(C)[C@@H]3C)n1. The van der Waals surface area contributed by atoms with Crippen LogP contribution in [0.2, 0.25) is 0 Å². The largest absolute Gasteiger partial charge is 0.363 e. The lowest BCUT2D eigenvalue weighted by molar-refractivity contribution is -0.183. The highest BCUT2D eigenvalue weighted by molar-refractivity contribution is 5.78. The predicted octanol–water partition coefficient (Wildman–Crippen LogP) is 1.60. The van der Waals surface area contributed by atoms with Gasteiger partial charge >= 0.3 is 0 Å². The fourth-order valence-corrected chi connectivity index (χ4v) is 3.57. The number of ether oxygens (including phenoxy) is 1. The first-order chi connectivity index (χ1) is 10.5. The maximum Gasteiger partial charge on any atom is 0.248 e. The van der Waals surface area contributed by atoms with E-state index in [-0.39, 0.29) is 24.2 Å². The smallest absolute Gasteiger partial charge is 0.248 e. The minimum Gasteiger partial charge on any atom is -0.363 e. The molecule has 2 aliphatic heterocycles. The van der Waals surface area contributed by atoms with Crippen LogP contribution in [0.3, 0.4) is 0 Å². The number of likely N-dealkylation sites (N-methyl/N-ethyl adjacent to an activating group) is 1. The minimum absolute atomic E-state index is 0.0875. The molecule has 1 aromatic rings. The fourth-order valence-electron chi connectivity index (χ4n) is 3.57. The maximum atomic E-state index is 11.8. The zero-order valence-electron chi connectivity index (χ0n) is 13.7. The Balaban J connectivity index is 1.61. The van der Waals surface area contributed by atoms with Crippen LogP contribution in [0, 0.1) is 6.92 Å². The number of hydrogen-bond acceptors (Lipinski definition) is 4. The lowest BCUT2D eigenvalue weighted by Crippen LogP contribution is -2.62. The summed E-state index contributed by atoms with van der Waals surface area (Å²) in [4.78, 5) is 20.6. The van der Waals surface area contributed by atoms with Gasteiger partial charge in [0, 0.05) is 32.4 Å². The molecular weight excluding hydrogens is 278 g/mol. The van der Waals surface area contributed by atoms with Gasteiger partial charge in [0.1, 0.15) is 6.61 Å². The number of carbonyl (C=O) groups excluding carboxylic acids is 1. The van der Waals surface area contributed by atoms with Crippen LogP contribution >= 0.6 is 0 Å². The zero-order valence-corrected chi connectivity index (χ0v) is 13.7. The van der Waals surface area contributed by atoms with Crippen LogP contribution in [-0.2, 0) is 16.1 Å². The van der Waals surface area contributed by atoms with Crippen molar-refractivity contribution in [2.75, 3.05) is 26.7 Å². The average Bonchev–Trinajstić information content (AvgIpc) is 2.51. The maximum absolute atomic E-state index is 11.8. The first-order valence-corrected chi connectivity index (χ1v) is 8.05. The highest BCUT2D eigenvalue weighted by Gasteiger charge is 2.46. The number of amides is 1. The van der Waals surface area contributed by atoms with Gasteiger partial charge in [-0.3, -0.25) is 14.7 Å². The normalized spacial score (nSPS) is 25.7. The molecule has 0 bridgehead atoms. The number of carbonyl (C=O) groups is 1. The van der Waals surface area contributed by atoms with Gasteiger partial charge in [-0.25, -0.2) is 0 Å². The number of aromatic nitrogens is 1. The van der Waals surface area contributed by atoms with Crippen LogP contribution in [0.15, 0.2) is 18.2 Å². The van der Waals surface area contributed by atoms with Crippen LogP contribution in [0.25, 0.3) is 0 Å². The first-order valence-electron chi connectivity index (χ1n) is 8.05. The Morgan fingerprint density at radius 1 is 1.36 bits per heavy atom. The van der Waals surface area contributed by atoms with Crippen molar-refractivity contribution in [3.63, 3.8) is 0 Å². The number of hydrogen-bond donors (Lipinski definition) is 0. The van der Waals surface area contributed by atoms with Crippen LogP contribution in [0.5, 0.6) is 0 Å². The molecule has 1 aromatic heterocycles. The van der Waals surface area contributed by atoms with Gasteiger partial charge in [-0.15, -0.1) is 0 Å². The van der Waals surface area contributed by atoms with Gasteiger partial charge in [0.05, 0.1) is 17.3 Å². The van der Waals surface area contributed by atoms with E-state index in [4.69, 9.17) is 4.74 Å². The van der Waals surface area contributed by atoms with E-state index < -0.39 is 0 Å². The Bertz CT molecular complexity index is 553. The number of nitrogens with zero attached hydrogens (tertiary/aromatic N) is 3. The third-order valence-electron chi connectivity index (χ3n) is 5.25. The van der Waals surface area contributed by atoms with Gasteiger partial charge in [0.25, 0.3) is 0 Å². The van der Waals surface area contributed by atoms with Crippen molar-refractivity contribution in [1.82, 2.24) is 14.8 Å². The molecule has 0 N–H and O–H groups in total. The molecule has 5 nitrogen and oxygen atoms in total. The Morgan fingerprint density at radius 3 is 2.77 bits per heavy atom. The lowest BCUT2D eigenvalue weighted by Gasteiger charge is -2.50. The van der Waals surface area contributed by atoms with Gasteiger partial charge in [0.15, 0.2) is 0 Å². The molecule has 1 spiro atoms. The van der Waals surface area contributed by atoms with Gasteiger partial charge < -0.3 is 9.64 Å². The molecular formula is C17H25N3O2. The minimum atomic E-state index is -0.167. The number of rotatable bonds is 2. The van der Waals surface area contributed by atoms with Crippen molar-refractivity contribution in [2.24, 2.45) is 0 Å². The second kappa shape index (κ2) is 5.97. The van der Waals surface area contributed by atoms with Crippen molar-refractivity contribution in [2.45, 2.75) is 44.9 Å². The fraction of sp³-hybridized carbons (Fsp3) is 0.647. The van der Waals surface area contributed by atoms with Crippen molar-refractivity contribution < 1.29 is 9.53 Å². The van der Waals surface area contributed by atoms with E-state index in [1.54, 1.807) is 0 Å². The third-order valence-corrected chi connectivity index (χ3v) is 5.25. The quantitative estimate of drug-likeness (QED) is 0.832. The molecule has 120 valence electrons. The molecule has 0 aliphatic carbocycles. The van der Waals surface area contributed by atoms with E-state index in [2.05, 4.69) is 28.9 Å². The van der Waals surface area contributed by atoms with Gasteiger partial charge in [0.2, 0.25) is 5.91 Å². The third kappa shape index (κ3) is 2.88. The summed E-state index contributed by atoms with van der Waals surface area (Å²) in [5.41, 5.74) is 2.02. The summed E-state index contributed by atoms with van der Waals surface area (Å²) in [6.07, 6.45) is 1.94. The van der Waals surface area contributed by atoms with Crippen molar-refractivity contribution >= 4 is 5.91 Å². The van der Waals surface area contributed by atoms with E-state index in [9.17, 15) is 4.79 Å². The summed E-state index contributed by atoms with van der Waals surface area (Å²) in [7, 11) is 1.89. The summed E-state index contributed by atoms with van der Waals surface area (Å²) in [6, 6.07) is 6.33. The van der Waals surface area contributed by atoms with Gasteiger partial charge in [-0.1, -0.05) is 6.07 Å². The Labute approximate surface area is 132 Å². The van der Waals surface area contributed by atoms with Crippen molar-refractivity contribution in [1.29, 1.82) is 0 Å². The number of likely N-dealkylation sites (tertiary alicyclic amines) is 1. The van der Waals surface area contributed by atoms with E-state index in [0.29, 0.717) is 0 Å². The molecule has 5 heteroatoms. The predicted molar refractivity (Wildman–Crippen MR) is 84.4 cm³/mol. The molecule has 0 unspecified atom stereocenters. The second-order valence-electron chi connectivity index (χ2n) is 6.58. The Kier molecular flexibility index (Phi) is 4.19. The second-order valence-corrected chi connectivity index (χ2v) is 6.58. The molecule has 1 amide bonds. The highest BCUT2D eigenvalue weighted by atomic mass is 16.5. The Hall–Kier alpha value is -1.46. The summed E-state index contributed by atoms with van der Waals surface area (Å²) < 4.78 is 5.99. The molecule has 0 radical (unpaired) electrons. The number of aryl methyl sites for hydroxylation is 1. The number of piperidine rings is 1. The van der Waals surface area contributed by atoms with E-state index in [1.165, 1.54) is 0 Å². The first kappa shape index (κ1) is 15.4. The van der Waals surface area contributed by atoms with Gasteiger partial charge in [-0.2, -0.15) is 0 Å². The van der Waals surface area contributed by atoms with E-state index in [0.717, 1.165) is 43.9 Å². The molecule has 3 heterocycles. The van der Waals surface area contributed by atoms with Crippen molar-refractivity contribution in [3.8, 4) is 0 Å². The van der Waals surface area contributed by atoms with Crippen LogP contribution in [-0.4, -0.2) is 59.1 Å². The molecule has 2 saturated heterocycles. The molecule has 1 atom stereocenters. The summed E-state index contributed by atoms with van der Waals surface area (Å²) in [5.74, 6) is 0.0875. The zero-order chi connectivity index (χ0) is 15.7. The molecule has 0 saturated carbocycles. The van der Waals surface area contributed by atoms with E-state index in [1.807, 2.05) is 24.9 Å². The monoisotopic (exact) mass is 303 g/mol. The number of morpholine rings is 1. The Morgan fingerprint density at radius 2 is 2.09 bits per heavy atom. The molecule has 2 aliphatic rings. The van der Waals surface area contributed by atoms with Gasteiger partial charge in [-0.05, 0) is 38.8 Å². The highest BCUT2D eigenvalue weighted by Crippen LogP contribution is 2.35. The standard InChI is InChI=1S/C17H25N3O2/c1-13-5-4-6-15(18-13)11-20-9-7-17(8-10-20)14(2)19(3)16(21)12-22-17/h4-6,14H,7-12H2,1-3H3/t14-/m1/s1.